The number of anilines is 1. The first kappa shape index (κ1) is 17.3. The van der Waals surface area contributed by atoms with E-state index < -0.39 is 18.0 Å². The molecule has 1 aromatic carbocycles. The second kappa shape index (κ2) is 7.18. The third-order valence-electron chi connectivity index (χ3n) is 3.79. The summed E-state index contributed by atoms with van der Waals surface area (Å²) in [6.45, 7) is 2.95. The highest BCUT2D eigenvalue weighted by Gasteiger charge is 2.21. The molecule has 0 unspecified atom stereocenters. The first-order valence-corrected chi connectivity index (χ1v) is 8.00. The highest BCUT2D eigenvalue weighted by molar-refractivity contribution is 5.98. The number of pyridine rings is 1. The van der Waals surface area contributed by atoms with Crippen molar-refractivity contribution in [3.63, 3.8) is 0 Å². The van der Waals surface area contributed by atoms with Crippen molar-refractivity contribution in [1.29, 1.82) is 0 Å². The largest absolute Gasteiger partial charge is 0.448 e. The van der Waals surface area contributed by atoms with Crippen LogP contribution in [0.5, 0.6) is 0 Å². The van der Waals surface area contributed by atoms with E-state index in [4.69, 9.17) is 4.74 Å². The van der Waals surface area contributed by atoms with Gasteiger partial charge in [0.25, 0.3) is 5.91 Å². The molecule has 0 saturated heterocycles. The van der Waals surface area contributed by atoms with Gasteiger partial charge in [0.15, 0.2) is 17.6 Å². The topological polar surface area (TPSA) is 89.8 Å². The van der Waals surface area contributed by atoms with Crippen LogP contribution in [-0.2, 0) is 9.53 Å². The standard InChI is InChI=1S/C19H17N3O4/c1-12(23)14-6-8-15(9-7-14)20-18(24)13(2)26-19(25)16-11-22-10-4-3-5-17(22)21-16/h3-11,13H,1-2H3,(H,20,24)/t13-/m1/s1. The number of carbonyl (C=O) groups excluding carboxylic acids is 3. The summed E-state index contributed by atoms with van der Waals surface area (Å²) in [4.78, 5) is 39.8. The molecule has 3 aromatic rings. The van der Waals surface area contributed by atoms with E-state index in [1.54, 1.807) is 47.1 Å². The zero-order valence-corrected chi connectivity index (χ0v) is 14.3. The molecule has 0 aliphatic rings. The summed E-state index contributed by atoms with van der Waals surface area (Å²) in [5.41, 5.74) is 1.80. The van der Waals surface area contributed by atoms with Crippen molar-refractivity contribution in [3.05, 3.63) is 66.1 Å². The molecule has 1 amide bonds. The van der Waals surface area contributed by atoms with Gasteiger partial charge in [-0.2, -0.15) is 0 Å². The molecule has 2 heterocycles. The summed E-state index contributed by atoms with van der Waals surface area (Å²) >= 11 is 0. The van der Waals surface area contributed by atoms with Gasteiger partial charge >= 0.3 is 5.97 Å². The lowest BCUT2D eigenvalue weighted by molar-refractivity contribution is -0.123. The molecule has 0 fully saturated rings. The maximum atomic E-state index is 12.2. The molecule has 0 aliphatic carbocycles. The molecule has 3 rings (SSSR count). The average molecular weight is 351 g/mol. The van der Waals surface area contributed by atoms with Crippen molar-refractivity contribution in [2.45, 2.75) is 20.0 Å². The molecule has 1 atom stereocenters. The molecule has 0 spiro atoms. The van der Waals surface area contributed by atoms with E-state index in [9.17, 15) is 14.4 Å². The van der Waals surface area contributed by atoms with Crippen LogP contribution in [-0.4, -0.2) is 33.1 Å². The number of rotatable bonds is 5. The Morgan fingerprint density at radius 2 is 1.85 bits per heavy atom. The van der Waals surface area contributed by atoms with E-state index in [-0.39, 0.29) is 11.5 Å². The van der Waals surface area contributed by atoms with Crippen molar-refractivity contribution in [2.75, 3.05) is 5.32 Å². The van der Waals surface area contributed by atoms with Crippen molar-refractivity contribution in [1.82, 2.24) is 9.38 Å². The zero-order valence-electron chi connectivity index (χ0n) is 14.3. The number of fused-ring (bicyclic) bond motifs is 1. The van der Waals surface area contributed by atoms with E-state index >= 15 is 0 Å². The number of ketones is 1. The van der Waals surface area contributed by atoms with Gasteiger partial charge in [0.05, 0.1) is 0 Å². The summed E-state index contributed by atoms with van der Waals surface area (Å²) in [5.74, 6) is -1.21. The van der Waals surface area contributed by atoms with Crippen LogP contribution in [0.15, 0.2) is 54.9 Å². The van der Waals surface area contributed by atoms with Gasteiger partial charge in [-0.3, -0.25) is 9.59 Å². The van der Waals surface area contributed by atoms with Gasteiger partial charge in [-0.05, 0) is 50.2 Å². The lowest BCUT2D eigenvalue weighted by atomic mass is 10.1. The maximum absolute atomic E-state index is 12.2. The van der Waals surface area contributed by atoms with Gasteiger partial charge in [0.2, 0.25) is 0 Å². The number of carbonyl (C=O) groups is 3. The summed E-state index contributed by atoms with van der Waals surface area (Å²) in [6, 6.07) is 11.9. The summed E-state index contributed by atoms with van der Waals surface area (Å²) < 4.78 is 6.87. The van der Waals surface area contributed by atoms with Crippen LogP contribution in [0.25, 0.3) is 5.65 Å². The predicted molar refractivity (Wildman–Crippen MR) is 95.1 cm³/mol. The Labute approximate surface area is 149 Å². The molecule has 2 aromatic heterocycles. The van der Waals surface area contributed by atoms with Crippen LogP contribution in [0.2, 0.25) is 0 Å². The van der Waals surface area contributed by atoms with Crippen molar-refractivity contribution >= 4 is 29.0 Å². The number of Topliss-reactive ketones (excluding diaryl/α,β-unsaturated/α-hetero) is 1. The van der Waals surface area contributed by atoms with Gasteiger partial charge < -0.3 is 14.5 Å². The van der Waals surface area contributed by atoms with Crippen molar-refractivity contribution < 1.29 is 19.1 Å². The maximum Gasteiger partial charge on any atom is 0.359 e. The van der Waals surface area contributed by atoms with Crippen LogP contribution in [0.4, 0.5) is 5.69 Å². The predicted octanol–water partition coefficient (Wildman–Crippen LogP) is 2.72. The fourth-order valence-corrected chi connectivity index (χ4v) is 2.34. The number of esters is 1. The first-order chi connectivity index (χ1) is 12.4. The van der Waals surface area contributed by atoms with Crippen LogP contribution < -0.4 is 5.32 Å². The van der Waals surface area contributed by atoms with Crippen LogP contribution in [0.3, 0.4) is 0 Å². The van der Waals surface area contributed by atoms with E-state index in [2.05, 4.69) is 10.3 Å². The van der Waals surface area contributed by atoms with E-state index in [1.807, 2.05) is 12.1 Å². The smallest absolute Gasteiger partial charge is 0.359 e. The van der Waals surface area contributed by atoms with Gasteiger partial charge in [-0.25, -0.2) is 9.78 Å². The van der Waals surface area contributed by atoms with Gasteiger partial charge in [-0.1, -0.05) is 6.07 Å². The van der Waals surface area contributed by atoms with E-state index in [1.165, 1.54) is 13.8 Å². The third kappa shape index (κ3) is 3.77. The van der Waals surface area contributed by atoms with Crippen LogP contribution in [0, 0.1) is 0 Å². The fraction of sp³-hybridized carbons (Fsp3) is 0.158. The third-order valence-corrected chi connectivity index (χ3v) is 3.79. The highest BCUT2D eigenvalue weighted by Crippen LogP contribution is 2.12. The fourth-order valence-electron chi connectivity index (χ4n) is 2.34. The van der Waals surface area contributed by atoms with Gasteiger partial charge in [-0.15, -0.1) is 0 Å². The number of nitrogens with one attached hydrogen (secondary N) is 1. The molecular formula is C19H17N3O4. The van der Waals surface area contributed by atoms with Crippen molar-refractivity contribution in [2.24, 2.45) is 0 Å². The minimum absolute atomic E-state index is 0.0578. The molecule has 132 valence electrons. The lowest BCUT2D eigenvalue weighted by Gasteiger charge is -2.13. The second-order valence-corrected chi connectivity index (χ2v) is 5.76. The Hall–Kier alpha value is -3.48. The SMILES string of the molecule is CC(=O)c1ccc(NC(=O)[C@@H](C)OC(=O)c2cn3ccccc3n2)cc1. The minimum Gasteiger partial charge on any atom is -0.448 e. The number of hydrogen-bond acceptors (Lipinski definition) is 5. The summed E-state index contributed by atoms with van der Waals surface area (Å²) in [5, 5.41) is 2.64. The summed E-state index contributed by atoms with van der Waals surface area (Å²) in [7, 11) is 0. The van der Waals surface area contributed by atoms with Gasteiger partial charge in [0.1, 0.15) is 5.65 Å². The quantitative estimate of drug-likeness (QED) is 0.564. The lowest BCUT2D eigenvalue weighted by Crippen LogP contribution is -2.30. The van der Waals surface area contributed by atoms with Gasteiger partial charge in [0, 0.05) is 23.6 Å². The number of nitrogens with zero attached hydrogens (tertiary/aromatic N) is 2. The monoisotopic (exact) mass is 351 g/mol. The molecule has 0 bridgehead atoms. The zero-order chi connectivity index (χ0) is 18.7. The molecule has 0 saturated carbocycles. The molecular weight excluding hydrogens is 334 g/mol. The minimum atomic E-state index is -1.00. The van der Waals surface area contributed by atoms with Crippen molar-refractivity contribution in [3.8, 4) is 0 Å². The second-order valence-electron chi connectivity index (χ2n) is 5.76. The average Bonchev–Trinajstić information content (AvgIpc) is 3.06. The molecule has 1 N–H and O–H groups in total. The molecule has 7 heteroatoms. The Morgan fingerprint density at radius 3 is 2.50 bits per heavy atom. The number of imidazole rings is 1. The Morgan fingerprint density at radius 1 is 1.12 bits per heavy atom. The Balaban J connectivity index is 1.62. The number of hydrogen-bond donors (Lipinski definition) is 1. The molecule has 0 radical (unpaired) electrons. The number of aromatic nitrogens is 2. The number of benzene rings is 1. The van der Waals surface area contributed by atoms with Crippen LogP contribution >= 0.6 is 0 Å². The Kier molecular flexibility index (Phi) is 4.79. The Bertz CT molecular complexity index is 943. The number of amides is 1. The molecule has 7 nitrogen and oxygen atoms in total. The van der Waals surface area contributed by atoms with E-state index in [0.717, 1.165) is 0 Å². The summed E-state index contributed by atoms with van der Waals surface area (Å²) in [6.07, 6.45) is 2.31. The highest BCUT2D eigenvalue weighted by atomic mass is 16.5. The molecule has 26 heavy (non-hydrogen) atoms. The van der Waals surface area contributed by atoms with Crippen LogP contribution in [0.1, 0.15) is 34.7 Å². The first-order valence-electron chi connectivity index (χ1n) is 8.00. The normalized spacial score (nSPS) is 11.8. The number of ether oxygens (including phenoxy) is 1. The molecule has 0 aliphatic heterocycles. The van der Waals surface area contributed by atoms with E-state index in [0.29, 0.717) is 16.9 Å².